The van der Waals surface area contributed by atoms with Crippen LogP contribution in [0, 0.1) is 13.8 Å². The average molecular weight is 291 g/mol. The van der Waals surface area contributed by atoms with Gasteiger partial charge in [0.05, 0.1) is 13.0 Å². The number of carbonyl (C=O) groups excluding carboxylic acids is 1. The Morgan fingerprint density at radius 2 is 1.85 bits per heavy atom. The number of hydrogen-bond donors (Lipinski definition) is 1. The molecule has 0 aliphatic rings. The zero-order valence-corrected chi connectivity index (χ0v) is 11.2. The van der Waals surface area contributed by atoms with E-state index in [2.05, 4.69) is 4.84 Å². The fraction of sp³-hybridized carbons (Fsp3) is 0.462. The third-order valence-electron chi connectivity index (χ3n) is 2.41. The summed E-state index contributed by atoms with van der Waals surface area (Å²) in [5.74, 6) is 0.0111. The van der Waals surface area contributed by atoms with Crippen molar-refractivity contribution in [3.05, 3.63) is 29.3 Å². The lowest BCUT2D eigenvalue weighted by atomic mass is 10.1. The second-order valence-corrected chi connectivity index (χ2v) is 4.25. The first kappa shape index (κ1) is 16.3. The first-order chi connectivity index (χ1) is 9.29. The summed E-state index contributed by atoms with van der Waals surface area (Å²) < 4.78 is 40.7. The van der Waals surface area contributed by atoms with Gasteiger partial charge >= 0.3 is 6.18 Å². The highest BCUT2D eigenvalue weighted by molar-refractivity contribution is 5.74. The molecule has 0 atom stereocenters. The van der Waals surface area contributed by atoms with Gasteiger partial charge in [-0.1, -0.05) is 18.2 Å². The second kappa shape index (κ2) is 7.14. The molecular weight excluding hydrogens is 275 g/mol. The number of alkyl halides is 3. The summed E-state index contributed by atoms with van der Waals surface area (Å²) in [6, 6.07) is 5.62. The van der Waals surface area contributed by atoms with Crippen LogP contribution >= 0.6 is 0 Å². The summed E-state index contributed by atoms with van der Waals surface area (Å²) in [6.45, 7) is 2.28. The smallest absolute Gasteiger partial charge is 0.414 e. The van der Waals surface area contributed by atoms with Crippen LogP contribution in [-0.4, -0.2) is 25.3 Å². The van der Waals surface area contributed by atoms with Crippen LogP contribution in [0.4, 0.5) is 13.2 Å². The van der Waals surface area contributed by atoms with Gasteiger partial charge in [0.15, 0.2) is 6.61 Å². The molecule has 112 valence electrons. The van der Waals surface area contributed by atoms with E-state index in [1.54, 1.807) is 5.48 Å². The van der Waals surface area contributed by atoms with Crippen LogP contribution in [-0.2, 0) is 9.63 Å². The molecule has 0 spiro atoms. The quantitative estimate of drug-likeness (QED) is 0.820. The van der Waals surface area contributed by atoms with Gasteiger partial charge in [0.1, 0.15) is 5.75 Å². The topological polar surface area (TPSA) is 47.6 Å². The van der Waals surface area contributed by atoms with E-state index in [4.69, 9.17) is 4.74 Å². The molecule has 0 fully saturated rings. The van der Waals surface area contributed by atoms with Crippen LogP contribution < -0.4 is 10.2 Å². The third kappa shape index (κ3) is 5.92. The van der Waals surface area contributed by atoms with Crippen LogP contribution in [0.1, 0.15) is 17.5 Å². The molecule has 0 saturated carbocycles. The van der Waals surface area contributed by atoms with E-state index in [0.717, 1.165) is 11.1 Å². The van der Waals surface area contributed by atoms with Crippen molar-refractivity contribution in [3.63, 3.8) is 0 Å². The highest BCUT2D eigenvalue weighted by Crippen LogP contribution is 2.22. The molecule has 1 N–H and O–H groups in total. The van der Waals surface area contributed by atoms with E-state index in [1.165, 1.54) is 0 Å². The number of carbonyl (C=O) groups is 1. The molecule has 4 nitrogen and oxygen atoms in total. The Hall–Kier alpha value is -1.76. The van der Waals surface area contributed by atoms with Crippen LogP contribution in [0.2, 0.25) is 0 Å². The molecule has 0 radical (unpaired) electrons. The number of hydrogen-bond acceptors (Lipinski definition) is 3. The molecule has 0 unspecified atom stereocenters. The van der Waals surface area contributed by atoms with Gasteiger partial charge in [-0.05, 0) is 25.0 Å². The third-order valence-corrected chi connectivity index (χ3v) is 2.41. The van der Waals surface area contributed by atoms with Crippen molar-refractivity contribution in [2.24, 2.45) is 0 Å². The summed E-state index contributed by atoms with van der Waals surface area (Å²) in [6.07, 6.45) is -4.56. The Morgan fingerprint density at radius 1 is 1.25 bits per heavy atom. The number of para-hydroxylation sites is 1. The normalized spacial score (nSPS) is 11.2. The minimum atomic E-state index is -4.47. The average Bonchev–Trinajstić information content (AvgIpc) is 2.31. The number of rotatable bonds is 6. The maximum absolute atomic E-state index is 11.8. The molecule has 0 heterocycles. The van der Waals surface area contributed by atoms with Crippen molar-refractivity contribution < 1.29 is 27.5 Å². The van der Waals surface area contributed by atoms with Gasteiger partial charge in [0.25, 0.3) is 0 Å². The fourth-order valence-corrected chi connectivity index (χ4v) is 1.52. The van der Waals surface area contributed by atoms with Crippen molar-refractivity contribution in [1.82, 2.24) is 5.48 Å². The van der Waals surface area contributed by atoms with E-state index in [0.29, 0.717) is 5.75 Å². The highest BCUT2D eigenvalue weighted by Gasteiger charge is 2.28. The summed E-state index contributed by atoms with van der Waals surface area (Å²) in [7, 11) is 0. The van der Waals surface area contributed by atoms with Crippen molar-refractivity contribution in [1.29, 1.82) is 0 Å². The predicted octanol–water partition coefficient (Wildman–Crippen LogP) is 2.68. The first-order valence-corrected chi connectivity index (χ1v) is 5.96. The van der Waals surface area contributed by atoms with E-state index in [1.807, 2.05) is 32.0 Å². The zero-order chi connectivity index (χ0) is 15.2. The van der Waals surface area contributed by atoms with Gasteiger partial charge < -0.3 is 4.74 Å². The van der Waals surface area contributed by atoms with Crippen molar-refractivity contribution in [3.8, 4) is 5.75 Å². The largest absolute Gasteiger partial charge is 0.493 e. The standard InChI is InChI=1S/C13H16F3NO3/c1-9-4-3-5-10(2)12(9)19-7-6-11(18)17-20-8-13(14,15)16/h3-5H,6-8H2,1-2H3,(H,17,18). The highest BCUT2D eigenvalue weighted by atomic mass is 19.4. The number of hydroxylamine groups is 1. The molecule has 1 rings (SSSR count). The number of amides is 1. The molecule has 0 bridgehead atoms. The molecule has 0 aliphatic heterocycles. The van der Waals surface area contributed by atoms with E-state index in [-0.39, 0.29) is 13.0 Å². The van der Waals surface area contributed by atoms with Gasteiger partial charge in [-0.15, -0.1) is 0 Å². The Morgan fingerprint density at radius 3 is 2.40 bits per heavy atom. The molecule has 0 aromatic heterocycles. The minimum absolute atomic E-state index is 0.0624. The molecule has 1 amide bonds. The molecule has 20 heavy (non-hydrogen) atoms. The molecule has 0 saturated heterocycles. The maximum Gasteiger partial charge on any atom is 0.414 e. The summed E-state index contributed by atoms with van der Waals surface area (Å²) >= 11 is 0. The second-order valence-electron chi connectivity index (χ2n) is 4.25. The van der Waals surface area contributed by atoms with Gasteiger partial charge in [0, 0.05) is 0 Å². The Bertz CT molecular complexity index is 440. The summed E-state index contributed by atoms with van der Waals surface area (Å²) in [4.78, 5) is 15.2. The number of benzene rings is 1. The van der Waals surface area contributed by atoms with Crippen LogP contribution in [0.15, 0.2) is 18.2 Å². The number of nitrogens with one attached hydrogen (secondary N) is 1. The van der Waals surface area contributed by atoms with Crippen LogP contribution in [0.25, 0.3) is 0 Å². The molecular formula is C13H16F3NO3. The Labute approximate surface area is 114 Å². The molecule has 1 aromatic rings. The lowest BCUT2D eigenvalue weighted by molar-refractivity contribution is -0.191. The number of halogens is 3. The predicted molar refractivity (Wildman–Crippen MR) is 66.2 cm³/mol. The van der Waals surface area contributed by atoms with Gasteiger partial charge in [0.2, 0.25) is 5.91 Å². The van der Waals surface area contributed by atoms with Crippen molar-refractivity contribution in [2.75, 3.05) is 13.2 Å². The Balaban J connectivity index is 2.29. The molecule has 0 aliphatic carbocycles. The van der Waals surface area contributed by atoms with Gasteiger partial charge in [-0.2, -0.15) is 13.2 Å². The molecule has 1 aromatic carbocycles. The van der Waals surface area contributed by atoms with Crippen molar-refractivity contribution in [2.45, 2.75) is 26.4 Å². The van der Waals surface area contributed by atoms with Crippen LogP contribution in [0.5, 0.6) is 5.75 Å². The lowest BCUT2D eigenvalue weighted by Crippen LogP contribution is -2.30. The minimum Gasteiger partial charge on any atom is -0.493 e. The van der Waals surface area contributed by atoms with Crippen molar-refractivity contribution >= 4 is 5.91 Å². The SMILES string of the molecule is Cc1cccc(C)c1OCCC(=O)NOCC(F)(F)F. The number of ether oxygens (including phenoxy) is 1. The lowest BCUT2D eigenvalue weighted by Gasteiger charge is -2.12. The van der Waals surface area contributed by atoms with Crippen LogP contribution in [0.3, 0.4) is 0 Å². The van der Waals surface area contributed by atoms with E-state index < -0.39 is 18.7 Å². The van der Waals surface area contributed by atoms with E-state index in [9.17, 15) is 18.0 Å². The molecule has 7 heteroatoms. The Kier molecular flexibility index (Phi) is 5.82. The number of aryl methyl sites for hydroxylation is 2. The fourth-order valence-electron chi connectivity index (χ4n) is 1.52. The maximum atomic E-state index is 11.8. The zero-order valence-electron chi connectivity index (χ0n) is 11.2. The monoisotopic (exact) mass is 291 g/mol. The van der Waals surface area contributed by atoms with Gasteiger partial charge in [-0.3, -0.25) is 9.63 Å². The van der Waals surface area contributed by atoms with Gasteiger partial charge in [-0.25, -0.2) is 5.48 Å². The van der Waals surface area contributed by atoms with E-state index >= 15 is 0 Å². The summed E-state index contributed by atoms with van der Waals surface area (Å²) in [5, 5.41) is 0. The first-order valence-electron chi connectivity index (χ1n) is 5.96. The summed E-state index contributed by atoms with van der Waals surface area (Å²) in [5.41, 5.74) is 3.57.